The Hall–Kier alpha value is -1.63. The molecule has 6 nitrogen and oxygen atoms in total. The molecule has 0 spiro atoms. The molecule has 0 bridgehead atoms. The molecule has 0 aliphatic heterocycles. The highest BCUT2D eigenvalue weighted by Gasteiger charge is 2.18. The number of amides is 2. The highest BCUT2D eigenvalue weighted by molar-refractivity contribution is 7.09. The average Bonchev–Trinajstić information content (AvgIpc) is 2.83. The van der Waals surface area contributed by atoms with Gasteiger partial charge in [0.15, 0.2) is 5.69 Å². The minimum Gasteiger partial charge on any atom is -0.476 e. The second kappa shape index (κ2) is 7.40. The number of carboxylic acid groups (broad SMARTS) is 1. The van der Waals surface area contributed by atoms with Crippen LogP contribution in [0.25, 0.3) is 0 Å². The molecule has 1 saturated carbocycles. The van der Waals surface area contributed by atoms with Gasteiger partial charge in [-0.2, -0.15) is 0 Å². The Morgan fingerprint density at radius 3 is 2.90 bits per heavy atom. The molecule has 3 N–H and O–H groups in total. The van der Waals surface area contributed by atoms with Gasteiger partial charge in [-0.15, -0.1) is 11.3 Å². The monoisotopic (exact) mass is 311 g/mol. The molecule has 0 aromatic carbocycles. The summed E-state index contributed by atoms with van der Waals surface area (Å²) in [5, 5.41) is 16.6. The van der Waals surface area contributed by atoms with Crippen molar-refractivity contribution in [2.45, 2.75) is 51.6 Å². The molecule has 2 atom stereocenters. The molecule has 1 heterocycles. The summed E-state index contributed by atoms with van der Waals surface area (Å²) in [7, 11) is 0. The molecule has 1 aromatic rings. The van der Waals surface area contributed by atoms with E-state index in [0.29, 0.717) is 5.01 Å². The van der Waals surface area contributed by atoms with E-state index in [0.717, 1.165) is 31.6 Å². The Bertz CT molecular complexity index is 503. The molecule has 2 amide bonds. The number of carbonyl (C=O) groups excluding carboxylic acids is 1. The standard InChI is InChI=1S/C14H21N3O3S/c1-9-3-2-4-10(6-5-9)16-14(20)15-7-12-17-11(8-21-12)13(18)19/h8-10H,2-7H2,1H3,(H,18,19)(H2,15,16,20). The van der Waals surface area contributed by atoms with Gasteiger partial charge in [-0.05, 0) is 25.2 Å². The van der Waals surface area contributed by atoms with Crippen molar-refractivity contribution >= 4 is 23.3 Å². The van der Waals surface area contributed by atoms with Crippen LogP contribution in [-0.2, 0) is 6.54 Å². The van der Waals surface area contributed by atoms with Gasteiger partial charge in [0, 0.05) is 11.4 Å². The quantitative estimate of drug-likeness (QED) is 0.745. The van der Waals surface area contributed by atoms with Crippen LogP contribution in [0.15, 0.2) is 5.38 Å². The third-order valence-electron chi connectivity index (χ3n) is 3.76. The van der Waals surface area contributed by atoms with E-state index < -0.39 is 5.97 Å². The van der Waals surface area contributed by atoms with Crippen molar-refractivity contribution in [3.8, 4) is 0 Å². The number of urea groups is 1. The molecular formula is C14H21N3O3S. The summed E-state index contributed by atoms with van der Waals surface area (Å²) in [6.45, 7) is 2.51. The maximum absolute atomic E-state index is 11.9. The molecule has 2 rings (SSSR count). The number of rotatable bonds is 4. The molecule has 0 radical (unpaired) electrons. The van der Waals surface area contributed by atoms with Gasteiger partial charge in [0.1, 0.15) is 5.01 Å². The number of hydrogen-bond acceptors (Lipinski definition) is 4. The SMILES string of the molecule is CC1CCCC(NC(=O)NCc2nc(C(=O)O)cs2)CC1. The highest BCUT2D eigenvalue weighted by Crippen LogP contribution is 2.22. The topological polar surface area (TPSA) is 91.3 Å². The van der Waals surface area contributed by atoms with Gasteiger partial charge in [-0.25, -0.2) is 14.6 Å². The van der Waals surface area contributed by atoms with E-state index in [9.17, 15) is 9.59 Å². The van der Waals surface area contributed by atoms with E-state index in [1.165, 1.54) is 23.1 Å². The zero-order valence-electron chi connectivity index (χ0n) is 12.1. The Kier molecular flexibility index (Phi) is 5.55. The zero-order chi connectivity index (χ0) is 15.2. The van der Waals surface area contributed by atoms with Crippen molar-refractivity contribution < 1.29 is 14.7 Å². The predicted molar refractivity (Wildman–Crippen MR) is 80.5 cm³/mol. The molecule has 116 valence electrons. The lowest BCUT2D eigenvalue weighted by molar-refractivity contribution is 0.0691. The molecule has 1 aromatic heterocycles. The molecule has 1 fully saturated rings. The summed E-state index contributed by atoms with van der Waals surface area (Å²) in [6, 6.07) is 0.0300. The van der Waals surface area contributed by atoms with E-state index in [2.05, 4.69) is 22.5 Å². The van der Waals surface area contributed by atoms with Crippen LogP contribution in [0.3, 0.4) is 0 Å². The van der Waals surface area contributed by atoms with Crippen molar-refractivity contribution in [1.29, 1.82) is 0 Å². The summed E-state index contributed by atoms with van der Waals surface area (Å²) in [6.07, 6.45) is 5.59. The maximum atomic E-state index is 11.9. The fourth-order valence-corrected chi connectivity index (χ4v) is 3.22. The lowest BCUT2D eigenvalue weighted by Crippen LogP contribution is -2.41. The smallest absolute Gasteiger partial charge is 0.355 e. The number of nitrogens with one attached hydrogen (secondary N) is 2. The molecule has 1 aliphatic rings. The van der Waals surface area contributed by atoms with Gasteiger partial charge in [-0.1, -0.05) is 19.8 Å². The first kappa shape index (κ1) is 15.8. The lowest BCUT2D eigenvalue weighted by atomic mass is 10.0. The van der Waals surface area contributed by atoms with Gasteiger partial charge in [0.25, 0.3) is 0 Å². The second-order valence-corrected chi connectivity index (χ2v) is 6.51. The Morgan fingerprint density at radius 1 is 1.38 bits per heavy atom. The summed E-state index contributed by atoms with van der Waals surface area (Å²) in [4.78, 5) is 26.5. The summed E-state index contributed by atoms with van der Waals surface area (Å²) in [5.74, 6) is -0.306. The van der Waals surface area contributed by atoms with Crippen LogP contribution in [0.1, 0.15) is 54.5 Å². The minimum atomic E-state index is -1.05. The lowest BCUT2D eigenvalue weighted by Gasteiger charge is -2.16. The molecule has 2 unspecified atom stereocenters. The third-order valence-corrected chi connectivity index (χ3v) is 4.61. The normalized spacial score (nSPS) is 22.3. The van der Waals surface area contributed by atoms with Crippen LogP contribution in [0.4, 0.5) is 4.79 Å². The number of aromatic carboxylic acids is 1. The van der Waals surface area contributed by atoms with Crippen LogP contribution in [0.5, 0.6) is 0 Å². The summed E-state index contributed by atoms with van der Waals surface area (Å²) < 4.78 is 0. The maximum Gasteiger partial charge on any atom is 0.355 e. The third kappa shape index (κ3) is 5.00. The second-order valence-electron chi connectivity index (χ2n) is 5.57. The van der Waals surface area contributed by atoms with Crippen LogP contribution in [-0.4, -0.2) is 28.1 Å². The molecule has 21 heavy (non-hydrogen) atoms. The molecular weight excluding hydrogens is 290 g/mol. The molecule has 0 saturated heterocycles. The van der Waals surface area contributed by atoms with Crippen molar-refractivity contribution in [1.82, 2.24) is 15.6 Å². The molecule has 7 heteroatoms. The van der Waals surface area contributed by atoms with Crippen molar-refractivity contribution in [3.63, 3.8) is 0 Å². The van der Waals surface area contributed by atoms with Gasteiger partial charge in [-0.3, -0.25) is 0 Å². The molecule has 1 aliphatic carbocycles. The van der Waals surface area contributed by atoms with Crippen LogP contribution >= 0.6 is 11.3 Å². The number of nitrogens with zero attached hydrogens (tertiary/aromatic N) is 1. The minimum absolute atomic E-state index is 0.0231. The van der Waals surface area contributed by atoms with E-state index >= 15 is 0 Å². The van der Waals surface area contributed by atoms with Gasteiger partial charge in [0.2, 0.25) is 0 Å². The van der Waals surface area contributed by atoms with E-state index in [-0.39, 0.29) is 24.3 Å². The first-order chi connectivity index (χ1) is 10.0. The zero-order valence-corrected chi connectivity index (χ0v) is 12.9. The average molecular weight is 311 g/mol. The fourth-order valence-electron chi connectivity index (χ4n) is 2.51. The number of aromatic nitrogens is 1. The first-order valence-electron chi connectivity index (χ1n) is 7.26. The van der Waals surface area contributed by atoms with Gasteiger partial charge >= 0.3 is 12.0 Å². The first-order valence-corrected chi connectivity index (χ1v) is 8.14. The number of thiazole rings is 1. The van der Waals surface area contributed by atoms with Gasteiger partial charge in [0.05, 0.1) is 6.54 Å². The van der Waals surface area contributed by atoms with E-state index in [4.69, 9.17) is 5.11 Å². The van der Waals surface area contributed by atoms with Crippen LogP contribution in [0.2, 0.25) is 0 Å². The van der Waals surface area contributed by atoms with Crippen molar-refractivity contribution in [2.75, 3.05) is 0 Å². The Labute approximate surface area is 128 Å². The fraction of sp³-hybridized carbons (Fsp3) is 0.643. The van der Waals surface area contributed by atoms with Crippen LogP contribution in [0, 0.1) is 5.92 Å². The number of carboxylic acids is 1. The Balaban J connectivity index is 1.75. The van der Waals surface area contributed by atoms with Gasteiger partial charge < -0.3 is 15.7 Å². The summed E-state index contributed by atoms with van der Waals surface area (Å²) in [5.41, 5.74) is 0.0231. The summed E-state index contributed by atoms with van der Waals surface area (Å²) >= 11 is 1.24. The van der Waals surface area contributed by atoms with Crippen molar-refractivity contribution in [2.24, 2.45) is 5.92 Å². The van der Waals surface area contributed by atoms with E-state index in [1.54, 1.807) is 0 Å². The van der Waals surface area contributed by atoms with Crippen LogP contribution < -0.4 is 10.6 Å². The highest BCUT2D eigenvalue weighted by atomic mass is 32.1. The number of carbonyl (C=O) groups is 2. The largest absolute Gasteiger partial charge is 0.476 e. The van der Waals surface area contributed by atoms with E-state index in [1.807, 2.05) is 0 Å². The van der Waals surface area contributed by atoms with Crippen molar-refractivity contribution in [3.05, 3.63) is 16.1 Å². The predicted octanol–water partition coefficient (Wildman–Crippen LogP) is 2.61. The Morgan fingerprint density at radius 2 is 2.19 bits per heavy atom. The number of hydrogen-bond donors (Lipinski definition) is 3.